The zero-order valence-electron chi connectivity index (χ0n) is 10.9. The summed E-state index contributed by atoms with van der Waals surface area (Å²) in [7, 11) is 0. The smallest absolute Gasteiger partial charge is 0.352 e. The predicted molar refractivity (Wildman–Crippen MR) is 44.0 cm³/mol. The molecule has 2 unspecified atom stereocenters. The SMILES string of the molecule is OC(F)(C(F)(F)C(F)(F)F)C(F)(F)C(F)(F)C(O)(F)C(F)(F)C(F)(F)F. The van der Waals surface area contributed by atoms with Gasteiger partial charge in [0.05, 0.1) is 0 Å². The Morgan fingerprint density at radius 2 is 0.462 bits per heavy atom. The van der Waals surface area contributed by atoms with Gasteiger partial charge in [-0.1, -0.05) is 0 Å². The lowest BCUT2D eigenvalue weighted by atomic mass is 9.89. The van der Waals surface area contributed by atoms with Crippen LogP contribution in [-0.4, -0.2) is 58.0 Å². The molecule has 0 heterocycles. The maximum Gasteiger partial charge on any atom is 0.459 e. The van der Waals surface area contributed by atoms with Crippen LogP contribution < -0.4 is 0 Å². The van der Waals surface area contributed by atoms with E-state index in [4.69, 9.17) is 10.2 Å². The molecule has 0 spiro atoms. The van der Waals surface area contributed by atoms with E-state index in [2.05, 4.69) is 0 Å². The normalized spacial score (nSPS) is 20.5. The first kappa shape index (κ1) is 24.8. The molecule has 0 aromatic rings. The Hall–Kier alpha value is -1.20. The molecule has 158 valence electrons. The Balaban J connectivity index is 6.61. The minimum absolute atomic E-state index is 7.64. The quantitative estimate of drug-likeness (QED) is 0.644. The second-order valence-corrected chi connectivity index (χ2v) is 4.54. The summed E-state index contributed by atoms with van der Waals surface area (Å²) in [6.07, 6.45) is -15.3. The molecule has 2 N–H and O–H groups in total. The summed E-state index contributed by atoms with van der Waals surface area (Å²) in [5.74, 6) is -48.6. The van der Waals surface area contributed by atoms with Crippen molar-refractivity contribution in [2.24, 2.45) is 0 Å². The van der Waals surface area contributed by atoms with Crippen molar-refractivity contribution in [2.75, 3.05) is 0 Å². The molecule has 0 aliphatic heterocycles. The average Bonchev–Trinajstić information content (AvgIpc) is 2.34. The Morgan fingerprint density at radius 3 is 0.577 bits per heavy atom. The molecule has 2 nitrogen and oxygen atoms in total. The van der Waals surface area contributed by atoms with Gasteiger partial charge in [-0.25, -0.2) is 0 Å². The van der Waals surface area contributed by atoms with Crippen molar-refractivity contribution < 1.29 is 80.5 Å². The first-order valence-electron chi connectivity index (χ1n) is 5.22. The van der Waals surface area contributed by atoms with E-state index >= 15 is 0 Å². The zero-order chi connectivity index (χ0) is 22.0. The number of hydrogen-bond acceptors (Lipinski definition) is 2. The van der Waals surface area contributed by atoms with Crippen molar-refractivity contribution in [2.45, 2.75) is 47.8 Å². The van der Waals surface area contributed by atoms with Crippen molar-refractivity contribution in [1.29, 1.82) is 0 Å². The van der Waals surface area contributed by atoms with Crippen LogP contribution in [0.15, 0.2) is 0 Å². The number of alkyl halides is 16. The molecule has 18 heteroatoms. The van der Waals surface area contributed by atoms with Gasteiger partial charge in [0, 0.05) is 0 Å². The highest BCUT2D eigenvalue weighted by Crippen LogP contribution is 2.61. The van der Waals surface area contributed by atoms with E-state index in [0.29, 0.717) is 0 Å². The molecule has 26 heavy (non-hydrogen) atoms. The van der Waals surface area contributed by atoms with Crippen LogP contribution in [0.25, 0.3) is 0 Å². The van der Waals surface area contributed by atoms with Gasteiger partial charge < -0.3 is 10.2 Å². The first-order valence-corrected chi connectivity index (χ1v) is 5.22. The minimum Gasteiger partial charge on any atom is -0.352 e. The molecule has 0 fully saturated rings. The van der Waals surface area contributed by atoms with Crippen LogP contribution in [0, 0.1) is 0 Å². The largest absolute Gasteiger partial charge is 0.459 e. The lowest BCUT2D eigenvalue weighted by Crippen LogP contribution is -2.76. The molecular formula is C8H2F16O2. The van der Waals surface area contributed by atoms with E-state index in [9.17, 15) is 70.2 Å². The van der Waals surface area contributed by atoms with Crippen LogP contribution in [0.5, 0.6) is 0 Å². The van der Waals surface area contributed by atoms with Crippen LogP contribution >= 0.6 is 0 Å². The molecule has 2 atom stereocenters. The van der Waals surface area contributed by atoms with Crippen molar-refractivity contribution in [1.82, 2.24) is 0 Å². The molecule has 0 saturated heterocycles. The number of halogens is 16. The summed E-state index contributed by atoms with van der Waals surface area (Å²) in [5, 5.41) is 15.8. The van der Waals surface area contributed by atoms with Crippen molar-refractivity contribution >= 4 is 0 Å². The molecule has 0 aromatic heterocycles. The van der Waals surface area contributed by atoms with E-state index in [-0.39, 0.29) is 0 Å². The van der Waals surface area contributed by atoms with E-state index < -0.39 is 47.8 Å². The number of hydrogen-bond donors (Lipinski definition) is 2. The van der Waals surface area contributed by atoms with Gasteiger partial charge in [0.15, 0.2) is 0 Å². The Morgan fingerprint density at radius 1 is 0.308 bits per heavy atom. The molecular weight excluding hydrogens is 432 g/mol. The standard InChI is InChI=1S/C8H2F16O2/c9-1(10,5(17,25)3(13,14)7(19,20)21)2(11,12)6(18,26)4(15,16)8(22,23)24/h25-26H. The van der Waals surface area contributed by atoms with Crippen LogP contribution in [0.1, 0.15) is 0 Å². The number of rotatable bonds is 5. The van der Waals surface area contributed by atoms with Gasteiger partial charge in [0.2, 0.25) is 0 Å². The summed E-state index contributed by atoms with van der Waals surface area (Å²) < 4.78 is 198. The van der Waals surface area contributed by atoms with Gasteiger partial charge in [0.1, 0.15) is 0 Å². The average molecular weight is 434 g/mol. The summed E-state index contributed by atoms with van der Waals surface area (Å²) >= 11 is 0. The summed E-state index contributed by atoms with van der Waals surface area (Å²) in [6, 6.07) is 0. The Bertz CT molecular complexity index is 477. The second-order valence-electron chi connectivity index (χ2n) is 4.54. The van der Waals surface area contributed by atoms with Crippen LogP contribution in [0.3, 0.4) is 0 Å². The van der Waals surface area contributed by atoms with E-state index in [1.165, 1.54) is 0 Å². The van der Waals surface area contributed by atoms with E-state index in [0.717, 1.165) is 0 Å². The Kier molecular flexibility index (Phi) is 5.39. The highest BCUT2D eigenvalue weighted by molar-refractivity contribution is 5.13. The fraction of sp³-hybridized carbons (Fsp3) is 1.00. The third-order valence-electron chi connectivity index (χ3n) is 2.77. The first-order chi connectivity index (χ1) is 10.8. The summed E-state index contributed by atoms with van der Waals surface area (Å²) in [5.41, 5.74) is 0. The third-order valence-corrected chi connectivity index (χ3v) is 2.77. The molecule has 0 radical (unpaired) electrons. The summed E-state index contributed by atoms with van der Waals surface area (Å²) in [4.78, 5) is 0. The van der Waals surface area contributed by atoms with Gasteiger partial charge in [-0.2, -0.15) is 70.2 Å². The fourth-order valence-electron chi connectivity index (χ4n) is 1.19. The third kappa shape index (κ3) is 2.84. The van der Waals surface area contributed by atoms with Gasteiger partial charge in [0.25, 0.3) is 0 Å². The maximum absolute atomic E-state index is 13.0. The highest BCUT2D eigenvalue weighted by atomic mass is 19.4. The minimum atomic E-state index is -8.38. The topological polar surface area (TPSA) is 40.5 Å². The van der Waals surface area contributed by atoms with Gasteiger partial charge in [-0.15, -0.1) is 0 Å². The fourth-order valence-corrected chi connectivity index (χ4v) is 1.19. The maximum atomic E-state index is 13.0. The van der Waals surface area contributed by atoms with Gasteiger partial charge in [-0.05, 0) is 0 Å². The lowest BCUT2D eigenvalue weighted by Gasteiger charge is -2.43. The number of aliphatic hydroxyl groups is 2. The second kappa shape index (κ2) is 5.65. The predicted octanol–water partition coefficient (Wildman–Crippen LogP) is 3.97. The molecule has 0 aliphatic carbocycles. The molecule has 0 aliphatic rings. The van der Waals surface area contributed by atoms with Crippen LogP contribution in [0.4, 0.5) is 70.2 Å². The molecule has 0 rings (SSSR count). The van der Waals surface area contributed by atoms with Crippen LogP contribution in [-0.2, 0) is 0 Å². The van der Waals surface area contributed by atoms with E-state index in [1.54, 1.807) is 0 Å². The molecule has 0 bridgehead atoms. The summed E-state index contributed by atoms with van der Waals surface area (Å²) in [6.45, 7) is 0. The van der Waals surface area contributed by atoms with Gasteiger partial charge >= 0.3 is 47.8 Å². The van der Waals surface area contributed by atoms with Crippen molar-refractivity contribution in [3.63, 3.8) is 0 Å². The van der Waals surface area contributed by atoms with Crippen molar-refractivity contribution in [3.05, 3.63) is 0 Å². The monoisotopic (exact) mass is 434 g/mol. The van der Waals surface area contributed by atoms with Crippen LogP contribution in [0.2, 0.25) is 0 Å². The Labute approximate surface area is 130 Å². The highest BCUT2D eigenvalue weighted by Gasteiger charge is 2.94. The molecule has 0 saturated carbocycles. The van der Waals surface area contributed by atoms with Gasteiger partial charge in [-0.3, -0.25) is 0 Å². The van der Waals surface area contributed by atoms with Crippen molar-refractivity contribution in [3.8, 4) is 0 Å². The zero-order valence-corrected chi connectivity index (χ0v) is 10.9. The van der Waals surface area contributed by atoms with E-state index in [1.807, 2.05) is 0 Å². The molecule has 0 amide bonds. The molecule has 0 aromatic carbocycles. The lowest BCUT2D eigenvalue weighted by molar-refractivity contribution is -0.491.